The summed E-state index contributed by atoms with van der Waals surface area (Å²) in [7, 11) is 0. The molecule has 1 aromatic heterocycles. The molecule has 3 rings (SSSR count). The maximum Gasteiger partial charge on any atom is 0.291 e. The molecule has 1 heterocycles. The first kappa shape index (κ1) is 13.9. The fourth-order valence-corrected chi connectivity index (χ4v) is 2.14. The monoisotopic (exact) mass is 284 g/mol. The number of amides is 1. The number of aryl methyl sites for hydroxylation is 1. The lowest BCUT2D eigenvalue weighted by atomic mass is 10.2. The van der Waals surface area contributed by atoms with Gasteiger partial charge in [0.25, 0.3) is 5.91 Å². The van der Waals surface area contributed by atoms with Crippen LogP contribution in [0.25, 0.3) is 0 Å². The molecule has 0 bridgehead atoms. The molecule has 2 aromatic rings. The van der Waals surface area contributed by atoms with Crippen LogP contribution in [0.15, 0.2) is 40.8 Å². The zero-order chi connectivity index (χ0) is 14.7. The van der Waals surface area contributed by atoms with Crippen LogP contribution in [-0.2, 0) is 13.0 Å². The van der Waals surface area contributed by atoms with Gasteiger partial charge in [-0.2, -0.15) is 0 Å². The summed E-state index contributed by atoms with van der Waals surface area (Å²) >= 11 is 0. The van der Waals surface area contributed by atoms with Crippen molar-refractivity contribution in [1.29, 1.82) is 0 Å². The number of anilines is 1. The Morgan fingerprint density at radius 1 is 1.19 bits per heavy atom. The molecule has 0 saturated heterocycles. The molecule has 21 heavy (non-hydrogen) atoms. The van der Waals surface area contributed by atoms with Gasteiger partial charge in [0.15, 0.2) is 5.76 Å². The third-order valence-electron chi connectivity index (χ3n) is 3.62. The summed E-state index contributed by atoms with van der Waals surface area (Å²) in [5, 5.41) is 6.31. The van der Waals surface area contributed by atoms with Crippen molar-refractivity contribution in [3.8, 4) is 0 Å². The highest BCUT2D eigenvalue weighted by atomic mass is 16.3. The standard InChI is InChI=1S/C17H20N2O2/c1-2-15-9-10-16(21-15)17(20)19-14-5-3-12(4-6-14)11-18-13-7-8-13/h3-6,9-10,13,18H,2,7-8,11H2,1H3,(H,19,20). The number of hydrogen-bond donors (Lipinski definition) is 2. The predicted molar refractivity (Wildman–Crippen MR) is 82.3 cm³/mol. The topological polar surface area (TPSA) is 54.3 Å². The quantitative estimate of drug-likeness (QED) is 0.855. The molecule has 2 N–H and O–H groups in total. The Morgan fingerprint density at radius 3 is 2.57 bits per heavy atom. The Bertz CT molecular complexity index is 612. The second-order valence-corrected chi connectivity index (χ2v) is 5.43. The van der Waals surface area contributed by atoms with Crippen LogP contribution in [0.1, 0.15) is 41.6 Å². The molecule has 1 aliphatic rings. The molecule has 0 radical (unpaired) electrons. The Labute approximate surface area is 124 Å². The minimum atomic E-state index is -0.210. The zero-order valence-corrected chi connectivity index (χ0v) is 12.2. The summed E-state index contributed by atoms with van der Waals surface area (Å²) in [6.45, 7) is 2.88. The van der Waals surface area contributed by atoms with Crippen molar-refractivity contribution >= 4 is 11.6 Å². The highest BCUT2D eigenvalue weighted by Gasteiger charge is 2.19. The summed E-state index contributed by atoms with van der Waals surface area (Å²) in [4.78, 5) is 12.0. The van der Waals surface area contributed by atoms with Crippen LogP contribution < -0.4 is 10.6 Å². The molecule has 1 saturated carbocycles. The van der Waals surface area contributed by atoms with Gasteiger partial charge in [0.1, 0.15) is 5.76 Å². The van der Waals surface area contributed by atoms with Crippen LogP contribution in [0.3, 0.4) is 0 Å². The lowest BCUT2D eigenvalue weighted by molar-refractivity contribution is 0.0995. The fourth-order valence-electron chi connectivity index (χ4n) is 2.14. The summed E-state index contributed by atoms with van der Waals surface area (Å²) in [5.74, 6) is 0.964. The number of carbonyl (C=O) groups is 1. The number of carbonyl (C=O) groups excluding carboxylic acids is 1. The molecular weight excluding hydrogens is 264 g/mol. The molecule has 1 aromatic carbocycles. The second kappa shape index (κ2) is 6.14. The summed E-state index contributed by atoms with van der Waals surface area (Å²) in [5.41, 5.74) is 2.01. The third kappa shape index (κ3) is 3.73. The van der Waals surface area contributed by atoms with E-state index in [9.17, 15) is 4.79 Å². The Morgan fingerprint density at radius 2 is 1.95 bits per heavy atom. The normalized spacial score (nSPS) is 14.1. The van der Waals surface area contributed by atoms with Gasteiger partial charge in [0.2, 0.25) is 0 Å². The molecule has 4 nitrogen and oxygen atoms in total. The van der Waals surface area contributed by atoms with Crippen LogP contribution in [-0.4, -0.2) is 11.9 Å². The van der Waals surface area contributed by atoms with E-state index in [1.54, 1.807) is 6.07 Å². The van der Waals surface area contributed by atoms with Crippen LogP contribution in [0.4, 0.5) is 5.69 Å². The largest absolute Gasteiger partial charge is 0.456 e. The van der Waals surface area contributed by atoms with Gasteiger partial charge in [-0.25, -0.2) is 0 Å². The molecule has 1 aliphatic carbocycles. The minimum Gasteiger partial charge on any atom is -0.456 e. The Hall–Kier alpha value is -2.07. The molecule has 1 amide bonds. The number of hydrogen-bond acceptors (Lipinski definition) is 3. The summed E-state index contributed by atoms with van der Waals surface area (Å²) in [6, 6.07) is 12.2. The van der Waals surface area contributed by atoms with Crippen molar-refractivity contribution in [2.45, 2.75) is 38.8 Å². The van der Waals surface area contributed by atoms with Crippen molar-refractivity contribution in [2.75, 3.05) is 5.32 Å². The van der Waals surface area contributed by atoms with Gasteiger partial charge in [0, 0.05) is 24.7 Å². The van der Waals surface area contributed by atoms with E-state index < -0.39 is 0 Å². The maximum absolute atomic E-state index is 12.0. The van der Waals surface area contributed by atoms with Crippen LogP contribution in [0.5, 0.6) is 0 Å². The van der Waals surface area contributed by atoms with Crippen molar-refractivity contribution in [3.05, 3.63) is 53.5 Å². The molecule has 110 valence electrons. The first-order valence-corrected chi connectivity index (χ1v) is 7.47. The van der Waals surface area contributed by atoms with E-state index in [0.717, 1.165) is 24.4 Å². The van der Waals surface area contributed by atoms with Crippen LogP contribution in [0.2, 0.25) is 0 Å². The number of nitrogens with one attached hydrogen (secondary N) is 2. The van der Waals surface area contributed by atoms with Gasteiger partial charge in [0.05, 0.1) is 0 Å². The SMILES string of the molecule is CCc1ccc(C(=O)Nc2ccc(CNC3CC3)cc2)o1. The minimum absolute atomic E-state index is 0.210. The van der Waals surface area contributed by atoms with Crippen LogP contribution in [0, 0.1) is 0 Å². The van der Waals surface area contributed by atoms with Gasteiger partial charge in [-0.3, -0.25) is 4.79 Å². The Balaban J connectivity index is 1.57. The molecule has 1 fully saturated rings. The van der Waals surface area contributed by atoms with Gasteiger partial charge in [-0.05, 0) is 42.7 Å². The molecule has 0 aliphatic heterocycles. The summed E-state index contributed by atoms with van der Waals surface area (Å²) in [6.07, 6.45) is 3.37. The molecule has 0 spiro atoms. The highest BCUT2D eigenvalue weighted by molar-refractivity contribution is 6.02. The van der Waals surface area contributed by atoms with E-state index in [1.165, 1.54) is 18.4 Å². The van der Waals surface area contributed by atoms with Gasteiger partial charge < -0.3 is 15.1 Å². The molecule has 0 atom stereocenters. The number of benzene rings is 1. The van der Waals surface area contributed by atoms with Gasteiger partial charge in [-0.15, -0.1) is 0 Å². The van der Waals surface area contributed by atoms with E-state index in [1.807, 2.05) is 37.3 Å². The third-order valence-corrected chi connectivity index (χ3v) is 3.62. The van der Waals surface area contributed by atoms with E-state index >= 15 is 0 Å². The van der Waals surface area contributed by atoms with E-state index in [4.69, 9.17) is 4.42 Å². The average molecular weight is 284 g/mol. The fraction of sp³-hybridized carbons (Fsp3) is 0.353. The van der Waals surface area contributed by atoms with Gasteiger partial charge >= 0.3 is 0 Å². The highest BCUT2D eigenvalue weighted by Crippen LogP contribution is 2.19. The smallest absolute Gasteiger partial charge is 0.291 e. The lowest BCUT2D eigenvalue weighted by Gasteiger charge is -2.06. The first-order chi connectivity index (χ1) is 10.2. The molecule has 4 heteroatoms. The molecular formula is C17H20N2O2. The maximum atomic E-state index is 12.0. The Kier molecular flexibility index (Phi) is 4.06. The zero-order valence-electron chi connectivity index (χ0n) is 12.2. The first-order valence-electron chi connectivity index (χ1n) is 7.47. The van der Waals surface area contributed by atoms with E-state index in [0.29, 0.717) is 11.8 Å². The molecule has 0 unspecified atom stereocenters. The number of rotatable bonds is 6. The predicted octanol–water partition coefficient (Wildman–Crippen LogP) is 3.35. The van der Waals surface area contributed by atoms with Gasteiger partial charge in [-0.1, -0.05) is 19.1 Å². The van der Waals surface area contributed by atoms with E-state index in [-0.39, 0.29) is 5.91 Å². The van der Waals surface area contributed by atoms with Crippen LogP contribution >= 0.6 is 0 Å². The summed E-state index contributed by atoms with van der Waals surface area (Å²) < 4.78 is 5.44. The van der Waals surface area contributed by atoms with E-state index in [2.05, 4.69) is 10.6 Å². The number of furan rings is 1. The van der Waals surface area contributed by atoms with Crippen molar-refractivity contribution < 1.29 is 9.21 Å². The van der Waals surface area contributed by atoms with Crippen molar-refractivity contribution in [2.24, 2.45) is 0 Å². The van der Waals surface area contributed by atoms with Crippen molar-refractivity contribution in [1.82, 2.24) is 5.32 Å². The lowest BCUT2D eigenvalue weighted by Crippen LogP contribution is -2.15. The second-order valence-electron chi connectivity index (χ2n) is 5.43. The van der Waals surface area contributed by atoms with Crippen molar-refractivity contribution in [3.63, 3.8) is 0 Å². The average Bonchev–Trinajstić information content (AvgIpc) is 3.21.